The summed E-state index contributed by atoms with van der Waals surface area (Å²) in [6.45, 7) is 2.26. The van der Waals surface area contributed by atoms with Crippen molar-refractivity contribution in [1.29, 1.82) is 0 Å². The zero-order chi connectivity index (χ0) is 16.1. The van der Waals surface area contributed by atoms with Crippen LogP contribution in [0.3, 0.4) is 0 Å². The molecule has 1 saturated heterocycles. The summed E-state index contributed by atoms with van der Waals surface area (Å²) in [7, 11) is 0. The number of carbonyl (C=O) groups is 1. The summed E-state index contributed by atoms with van der Waals surface area (Å²) in [5.74, 6) is -0.258. The van der Waals surface area contributed by atoms with Crippen LogP contribution in [0.1, 0.15) is 28.8 Å². The van der Waals surface area contributed by atoms with E-state index in [1.807, 2.05) is 12.1 Å². The predicted molar refractivity (Wildman–Crippen MR) is 94.4 cm³/mol. The topological polar surface area (TPSA) is 44.7 Å². The standard InChI is InChI=1S/C18H18ClN3O/c19-16-7-5-15(6-8-16)18(23)21-20-13-14-3-9-17(10-4-14)22-11-1-2-12-22/h3-10,13H,1-2,11-12H2,(H,21,23)/b20-13+. The van der Waals surface area contributed by atoms with Crippen molar-refractivity contribution in [3.63, 3.8) is 0 Å². The van der Waals surface area contributed by atoms with Gasteiger partial charge in [0.25, 0.3) is 5.91 Å². The van der Waals surface area contributed by atoms with Crippen LogP contribution >= 0.6 is 11.6 Å². The molecule has 1 aliphatic heterocycles. The van der Waals surface area contributed by atoms with Crippen LogP contribution in [0.5, 0.6) is 0 Å². The van der Waals surface area contributed by atoms with Gasteiger partial charge in [-0.3, -0.25) is 4.79 Å². The SMILES string of the molecule is O=C(N/N=C/c1ccc(N2CCCC2)cc1)c1ccc(Cl)cc1. The fourth-order valence-electron chi connectivity index (χ4n) is 2.58. The normalized spacial score (nSPS) is 14.4. The fraction of sp³-hybridized carbons (Fsp3) is 0.222. The Balaban J connectivity index is 1.57. The Morgan fingerprint density at radius 1 is 1.04 bits per heavy atom. The Hall–Kier alpha value is -2.33. The number of halogens is 1. The van der Waals surface area contributed by atoms with Crippen molar-refractivity contribution in [3.05, 3.63) is 64.7 Å². The fourth-order valence-corrected chi connectivity index (χ4v) is 2.70. The number of benzene rings is 2. The Bertz CT molecular complexity index is 689. The molecule has 0 radical (unpaired) electrons. The van der Waals surface area contributed by atoms with Gasteiger partial charge in [-0.05, 0) is 54.8 Å². The summed E-state index contributed by atoms with van der Waals surface area (Å²) in [4.78, 5) is 14.3. The molecule has 2 aromatic carbocycles. The minimum absolute atomic E-state index is 0.258. The highest BCUT2D eigenvalue weighted by Gasteiger charge is 2.11. The first-order chi connectivity index (χ1) is 11.2. The van der Waals surface area contributed by atoms with Gasteiger partial charge in [0.05, 0.1) is 6.21 Å². The third-order valence-electron chi connectivity index (χ3n) is 3.85. The molecular formula is C18H18ClN3O. The van der Waals surface area contributed by atoms with Gasteiger partial charge in [0, 0.05) is 29.4 Å². The van der Waals surface area contributed by atoms with Crippen molar-refractivity contribution >= 4 is 29.4 Å². The van der Waals surface area contributed by atoms with Crippen LogP contribution in [0.2, 0.25) is 5.02 Å². The summed E-state index contributed by atoms with van der Waals surface area (Å²) in [5.41, 5.74) is 5.23. The second-order valence-corrected chi connectivity index (χ2v) is 5.93. The zero-order valence-corrected chi connectivity index (χ0v) is 13.5. The van der Waals surface area contributed by atoms with Crippen molar-refractivity contribution in [1.82, 2.24) is 5.43 Å². The molecule has 2 aromatic rings. The summed E-state index contributed by atoms with van der Waals surface area (Å²) in [5, 5.41) is 4.60. The Morgan fingerprint density at radius 2 is 1.70 bits per heavy atom. The van der Waals surface area contributed by atoms with Crippen LogP contribution in [0.15, 0.2) is 53.6 Å². The lowest BCUT2D eigenvalue weighted by molar-refractivity contribution is 0.0955. The molecule has 4 nitrogen and oxygen atoms in total. The molecule has 0 atom stereocenters. The number of hydrogen-bond donors (Lipinski definition) is 1. The van der Waals surface area contributed by atoms with Gasteiger partial charge in [0.1, 0.15) is 0 Å². The monoisotopic (exact) mass is 327 g/mol. The Kier molecular flexibility index (Phi) is 4.93. The molecule has 1 aliphatic rings. The van der Waals surface area contributed by atoms with Crippen LogP contribution in [0.4, 0.5) is 5.69 Å². The van der Waals surface area contributed by atoms with Crippen LogP contribution < -0.4 is 10.3 Å². The number of hydrazone groups is 1. The Morgan fingerprint density at radius 3 is 2.35 bits per heavy atom. The summed E-state index contributed by atoms with van der Waals surface area (Å²) < 4.78 is 0. The minimum Gasteiger partial charge on any atom is -0.372 e. The molecule has 0 spiro atoms. The predicted octanol–water partition coefficient (Wildman–Crippen LogP) is 3.70. The largest absolute Gasteiger partial charge is 0.372 e. The number of hydrogen-bond acceptors (Lipinski definition) is 3. The minimum atomic E-state index is -0.258. The highest BCUT2D eigenvalue weighted by molar-refractivity contribution is 6.30. The van der Waals surface area contributed by atoms with E-state index in [1.165, 1.54) is 18.5 Å². The highest BCUT2D eigenvalue weighted by Crippen LogP contribution is 2.19. The van der Waals surface area contributed by atoms with Crippen molar-refractivity contribution in [2.45, 2.75) is 12.8 Å². The molecule has 1 heterocycles. The van der Waals surface area contributed by atoms with Gasteiger partial charge in [-0.1, -0.05) is 23.7 Å². The molecule has 1 amide bonds. The van der Waals surface area contributed by atoms with Gasteiger partial charge < -0.3 is 4.90 Å². The van der Waals surface area contributed by atoms with Gasteiger partial charge in [-0.2, -0.15) is 5.10 Å². The molecule has 23 heavy (non-hydrogen) atoms. The molecule has 118 valence electrons. The lowest BCUT2D eigenvalue weighted by Gasteiger charge is -2.17. The van der Waals surface area contributed by atoms with Crippen molar-refractivity contribution in [2.75, 3.05) is 18.0 Å². The van der Waals surface area contributed by atoms with Crippen LogP contribution in [-0.2, 0) is 0 Å². The van der Waals surface area contributed by atoms with Crippen molar-refractivity contribution in [3.8, 4) is 0 Å². The van der Waals surface area contributed by atoms with Gasteiger partial charge in [0.2, 0.25) is 0 Å². The third kappa shape index (κ3) is 4.11. The van der Waals surface area contributed by atoms with E-state index in [0.717, 1.165) is 18.7 Å². The van der Waals surface area contributed by atoms with E-state index in [2.05, 4.69) is 27.6 Å². The van der Waals surface area contributed by atoms with Crippen LogP contribution in [0, 0.1) is 0 Å². The Labute approximate surface area is 140 Å². The molecule has 5 heteroatoms. The van der Waals surface area contributed by atoms with E-state index < -0.39 is 0 Å². The van der Waals surface area contributed by atoms with Gasteiger partial charge in [0.15, 0.2) is 0 Å². The van der Waals surface area contributed by atoms with Gasteiger partial charge in [-0.15, -0.1) is 0 Å². The number of amides is 1. The van der Waals surface area contributed by atoms with E-state index in [9.17, 15) is 4.79 Å². The molecule has 1 fully saturated rings. The molecule has 1 N–H and O–H groups in total. The lowest BCUT2D eigenvalue weighted by Crippen LogP contribution is -2.18. The van der Waals surface area contributed by atoms with E-state index in [1.54, 1.807) is 30.5 Å². The summed E-state index contributed by atoms with van der Waals surface area (Å²) in [6, 6.07) is 14.9. The molecular weight excluding hydrogens is 310 g/mol. The first-order valence-corrected chi connectivity index (χ1v) is 8.04. The smallest absolute Gasteiger partial charge is 0.271 e. The molecule has 0 aliphatic carbocycles. The number of nitrogens with one attached hydrogen (secondary N) is 1. The van der Waals surface area contributed by atoms with E-state index in [0.29, 0.717) is 10.6 Å². The second kappa shape index (κ2) is 7.29. The van der Waals surface area contributed by atoms with Crippen LogP contribution in [0.25, 0.3) is 0 Å². The summed E-state index contributed by atoms with van der Waals surface area (Å²) >= 11 is 5.80. The molecule has 0 bridgehead atoms. The van der Waals surface area contributed by atoms with E-state index in [4.69, 9.17) is 11.6 Å². The second-order valence-electron chi connectivity index (χ2n) is 5.49. The molecule has 0 unspecified atom stereocenters. The van der Waals surface area contributed by atoms with Crippen LogP contribution in [-0.4, -0.2) is 25.2 Å². The average molecular weight is 328 g/mol. The third-order valence-corrected chi connectivity index (χ3v) is 4.10. The molecule has 3 rings (SSSR count). The summed E-state index contributed by atoms with van der Waals surface area (Å²) in [6.07, 6.45) is 4.17. The lowest BCUT2D eigenvalue weighted by atomic mass is 10.2. The first-order valence-electron chi connectivity index (χ1n) is 7.66. The molecule has 0 saturated carbocycles. The number of nitrogens with zero attached hydrogens (tertiary/aromatic N) is 2. The first kappa shape index (κ1) is 15.6. The number of anilines is 1. The maximum absolute atomic E-state index is 11.9. The van der Waals surface area contributed by atoms with E-state index in [-0.39, 0.29) is 5.91 Å². The van der Waals surface area contributed by atoms with Crippen molar-refractivity contribution in [2.24, 2.45) is 5.10 Å². The maximum atomic E-state index is 11.9. The van der Waals surface area contributed by atoms with E-state index >= 15 is 0 Å². The van der Waals surface area contributed by atoms with Crippen molar-refractivity contribution < 1.29 is 4.79 Å². The van der Waals surface area contributed by atoms with Gasteiger partial charge in [-0.25, -0.2) is 5.43 Å². The number of carbonyl (C=O) groups excluding carboxylic acids is 1. The maximum Gasteiger partial charge on any atom is 0.271 e. The zero-order valence-electron chi connectivity index (χ0n) is 12.7. The average Bonchev–Trinajstić information content (AvgIpc) is 3.10. The highest BCUT2D eigenvalue weighted by atomic mass is 35.5. The number of rotatable bonds is 4. The quantitative estimate of drug-likeness (QED) is 0.687. The van der Waals surface area contributed by atoms with Gasteiger partial charge >= 0.3 is 0 Å². The molecule has 0 aromatic heterocycles.